The van der Waals surface area contributed by atoms with Gasteiger partial charge in [-0.25, -0.2) is 9.67 Å². The van der Waals surface area contributed by atoms with Gasteiger partial charge in [0, 0.05) is 29.5 Å². The largest absolute Gasteiger partial charge is 0.346 e. The Morgan fingerprint density at radius 2 is 2.13 bits per heavy atom. The number of aromatic nitrogens is 4. The molecule has 0 aliphatic carbocycles. The van der Waals surface area contributed by atoms with Gasteiger partial charge in [-0.05, 0) is 29.8 Å². The zero-order valence-corrected chi connectivity index (χ0v) is 12.6. The van der Waals surface area contributed by atoms with Crippen LogP contribution in [0.15, 0.2) is 55.1 Å². The van der Waals surface area contributed by atoms with Crippen LogP contribution in [0, 0.1) is 11.3 Å². The van der Waals surface area contributed by atoms with Crippen LogP contribution in [0.3, 0.4) is 0 Å². The molecule has 0 radical (unpaired) electrons. The number of hydrogen-bond acceptors (Lipinski definition) is 3. The van der Waals surface area contributed by atoms with Crippen molar-refractivity contribution in [2.45, 2.75) is 0 Å². The summed E-state index contributed by atoms with van der Waals surface area (Å²) in [7, 11) is 0. The SMILES string of the molecule is N#Cc1cccc(Cl)c1-n1cc(-c2ccnc3[nH]ccc23)cn1. The lowest BCUT2D eigenvalue weighted by Crippen LogP contribution is -1.98. The molecule has 23 heavy (non-hydrogen) atoms. The molecule has 0 fully saturated rings. The molecule has 110 valence electrons. The molecule has 1 aromatic carbocycles. The minimum absolute atomic E-state index is 0.480. The number of hydrogen-bond donors (Lipinski definition) is 1. The minimum Gasteiger partial charge on any atom is -0.346 e. The number of rotatable bonds is 2. The summed E-state index contributed by atoms with van der Waals surface area (Å²) in [6.07, 6.45) is 7.23. The first-order valence-electron chi connectivity index (χ1n) is 6.94. The Kier molecular flexibility index (Phi) is 3.11. The van der Waals surface area contributed by atoms with Crippen molar-refractivity contribution in [3.63, 3.8) is 0 Å². The molecule has 0 amide bonds. The molecule has 0 spiro atoms. The van der Waals surface area contributed by atoms with Crippen LogP contribution in [0.5, 0.6) is 0 Å². The third kappa shape index (κ3) is 2.17. The van der Waals surface area contributed by atoms with E-state index in [0.717, 1.165) is 22.2 Å². The van der Waals surface area contributed by atoms with Crippen LogP contribution in [0.2, 0.25) is 5.02 Å². The molecule has 0 atom stereocenters. The maximum atomic E-state index is 9.28. The first-order valence-corrected chi connectivity index (χ1v) is 7.32. The Labute approximate surface area is 136 Å². The Bertz CT molecular complexity index is 1050. The number of H-pyrrole nitrogens is 1. The van der Waals surface area contributed by atoms with Crippen molar-refractivity contribution < 1.29 is 0 Å². The second-order valence-electron chi connectivity index (χ2n) is 5.02. The lowest BCUT2D eigenvalue weighted by Gasteiger charge is -2.06. The maximum absolute atomic E-state index is 9.28. The van der Waals surface area contributed by atoms with E-state index in [1.54, 1.807) is 35.3 Å². The van der Waals surface area contributed by atoms with E-state index in [1.807, 2.05) is 24.5 Å². The molecule has 0 aliphatic rings. The summed E-state index contributed by atoms with van der Waals surface area (Å²) in [4.78, 5) is 7.38. The molecule has 0 saturated carbocycles. The van der Waals surface area contributed by atoms with Gasteiger partial charge in [-0.3, -0.25) is 0 Å². The highest BCUT2D eigenvalue weighted by molar-refractivity contribution is 6.32. The van der Waals surface area contributed by atoms with Crippen LogP contribution < -0.4 is 0 Å². The third-order valence-corrected chi connectivity index (χ3v) is 4.00. The van der Waals surface area contributed by atoms with E-state index >= 15 is 0 Å². The van der Waals surface area contributed by atoms with Gasteiger partial charge in [0.2, 0.25) is 0 Å². The third-order valence-electron chi connectivity index (χ3n) is 3.69. The Hall–Kier alpha value is -3.10. The van der Waals surface area contributed by atoms with E-state index in [2.05, 4.69) is 21.1 Å². The van der Waals surface area contributed by atoms with Crippen LogP contribution in [0.4, 0.5) is 0 Å². The molecule has 0 aliphatic heterocycles. The highest BCUT2D eigenvalue weighted by Gasteiger charge is 2.13. The van der Waals surface area contributed by atoms with Crippen LogP contribution in [-0.2, 0) is 0 Å². The number of benzene rings is 1. The van der Waals surface area contributed by atoms with Crippen molar-refractivity contribution in [1.82, 2.24) is 19.7 Å². The monoisotopic (exact) mass is 319 g/mol. The number of nitrogens with zero attached hydrogens (tertiary/aromatic N) is 4. The maximum Gasteiger partial charge on any atom is 0.137 e. The molecular formula is C17H10ClN5. The van der Waals surface area contributed by atoms with Gasteiger partial charge in [-0.2, -0.15) is 10.4 Å². The summed E-state index contributed by atoms with van der Waals surface area (Å²) in [5.74, 6) is 0. The van der Waals surface area contributed by atoms with Gasteiger partial charge in [-0.1, -0.05) is 17.7 Å². The zero-order valence-electron chi connectivity index (χ0n) is 11.9. The highest BCUT2D eigenvalue weighted by atomic mass is 35.5. The fraction of sp³-hybridized carbons (Fsp3) is 0. The van der Waals surface area contributed by atoms with Gasteiger partial charge < -0.3 is 4.98 Å². The molecule has 5 nitrogen and oxygen atoms in total. The average Bonchev–Trinajstić information content (AvgIpc) is 3.23. The van der Waals surface area contributed by atoms with Gasteiger partial charge in [0.1, 0.15) is 17.4 Å². The smallest absolute Gasteiger partial charge is 0.137 e. The normalized spacial score (nSPS) is 10.8. The van der Waals surface area contributed by atoms with Gasteiger partial charge in [-0.15, -0.1) is 0 Å². The van der Waals surface area contributed by atoms with E-state index < -0.39 is 0 Å². The Morgan fingerprint density at radius 1 is 1.22 bits per heavy atom. The predicted octanol–water partition coefficient (Wildman–Crippen LogP) is 3.94. The van der Waals surface area contributed by atoms with Crippen LogP contribution in [-0.4, -0.2) is 19.7 Å². The first-order chi connectivity index (χ1) is 11.3. The van der Waals surface area contributed by atoms with E-state index in [-0.39, 0.29) is 0 Å². The van der Waals surface area contributed by atoms with E-state index in [0.29, 0.717) is 16.3 Å². The lowest BCUT2D eigenvalue weighted by molar-refractivity contribution is 0.878. The number of aromatic amines is 1. The molecular weight excluding hydrogens is 310 g/mol. The number of halogens is 1. The number of nitriles is 1. The second-order valence-corrected chi connectivity index (χ2v) is 5.43. The van der Waals surface area contributed by atoms with Crippen LogP contribution in [0.25, 0.3) is 27.8 Å². The fourth-order valence-electron chi connectivity index (χ4n) is 2.64. The standard InChI is InChI=1S/C17H10ClN5/c18-15-3-1-2-11(8-19)16(15)23-10-12(9-22-23)13-4-6-20-17-14(13)5-7-21-17/h1-7,9-10H,(H,20,21). The van der Waals surface area contributed by atoms with Gasteiger partial charge >= 0.3 is 0 Å². The van der Waals surface area contributed by atoms with Crippen molar-refractivity contribution in [3.8, 4) is 22.9 Å². The molecule has 6 heteroatoms. The second kappa shape index (κ2) is 5.27. The van der Waals surface area contributed by atoms with E-state index in [4.69, 9.17) is 11.6 Å². The minimum atomic E-state index is 0.480. The molecule has 0 bridgehead atoms. The lowest BCUT2D eigenvalue weighted by atomic mass is 10.1. The molecule has 0 saturated heterocycles. The topological polar surface area (TPSA) is 70.3 Å². The van der Waals surface area contributed by atoms with E-state index in [9.17, 15) is 5.26 Å². The molecule has 0 unspecified atom stereocenters. The van der Waals surface area contributed by atoms with Gasteiger partial charge in [0.15, 0.2) is 0 Å². The summed E-state index contributed by atoms with van der Waals surface area (Å²) in [6, 6.07) is 11.3. The van der Waals surface area contributed by atoms with Crippen molar-refractivity contribution >= 4 is 22.6 Å². The van der Waals surface area contributed by atoms with Crippen molar-refractivity contribution in [3.05, 3.63) is 65.7 Å². The van der Waals surface area contributed by atoms with Crippen molar-refractivity contribution in [2.75, 3.05) is 0 Å². The van der Waals surface area contributed by atoms with E-state index in [1.165, 1.54) is 0 Å². The quantitative estimate of drug-likeness (QED) is 0.608. The highest BCUT2D eigenvalue weighted by Crippen LogP contribution is 2.29. The summed E-state index contributed by atoms with van der Waals surface area (Å²) in [6.45, 7) is 0. The van der Waals surface area contributed by atoms with Crippen LogP contribution in [0.1, 0.15) is 5.56 Å². The van der Waals surface area contributed by atoms with Gasteiger partial charge in [0.25, 0.3) is 0 Å². The number of nitrogens with one attached hydrogen (secondary N) is 1. The summed E-state index contributed by atoms with van der Waals surface area (Å²) in [5.41, 5.74) is 3.84. The first kappa shape index (κ1) is 13.6. The van der Waals surface area contributed by atoms with Crippen molar-refractivity contribution in [2.24, 2.45) is 0 Å². The molecule has 4 aromatic rings. The Balaban J connectivity index is 1.88. The molecule has 3 heterocycles. The number of para-hydroxylation sites is 1. The number of pyridine rings is 1. The average molecular weight is 320 g/mol. The van der Waals surface area contributed by atoms with Crippen molar-refractivity contribution in [1.29, 1.82) is 5.26 Å². The number of fused-ring (bicyclic) bond motifs is 1. The Morgan fingerprint density at radius 3 is 3.00 bits per heavy atom. The predicted molar refractivity (Wildman–Crippen MR) is 88.4 cm³/mol. The molecule has 3 aromatic heterocycles. The summed E-state index contributed by atoms with van der Waals surface area (Å²) >= 11 is 6.25. The van der Waals surface area contributed by atoms with Gasteiger partial charge in [0.05, 0.1) is 16.8 Å². The summed E-state index contributed by atoms with van der Waals surface area (Å²) < 4.78 is 1.63. The summed E-state index contributed by atoms with van der Waals surface area (Å²) in [5, 5.41) is 15.2. The fourth-order valence-corrected chi connectivity index (χ4v) is 2.90. The molecule has 1 N–H and O–H groups in total. The zero-order chi connectivity index (χ0) is 15.8. The van der Waals surface area contributed by atoms with Crippen LogP contribution >= 0.6 is 11.6 Å². The molecule has 4 rings (SSSR count).